The summed E-state index contributed by atoms with van der Waals surface area (Å²) in [5.41, 5.74) is 0. The van der Waals surface area contributed by atoms with E-state index in [9.17, 15) is 13.2 Å². The second-order valence-corrected chi connectivity index (χ2v) is 6.28. The van der Waals surface area contributed by atoms with Gasteiger partial charge in [0.2, 0.25) is 10.0 Å². The number of hydrogen-bond donors (Lipinski definition) is 2. The van der Waals surface area contributed by atoms with Crippen molar-refractivity contribution in [1.82, 2.24) is 4.72 Å². The molecule has 2 rings (SSSR count). The average molecular weight is 293 g/mol. The fourth-order valence-electron chi connectivity index (χ4n) is 2.06. The van der Waals surface area contributed by atoms with Crippen LogP contribution in [-0.2, 0) is 14.8 Å². The Hall–Kier alpha value is -1.92. The summed E-state index contributed by atoms with van der Waals surface area (Å²) in [5, 5.41) is 10.1. The lowest BCUT2D eigenvalue weighted by molar-refractivity contribution is -0.137. The molecule has 5 nitrogen and oxygen atoms in total. The van der Waals surface area contributed by atoms with Gasteiger partial charge in [0.1, 0.15) is 0 Å². The fourth-order valence-corrected chi connectivity index (χ4v) is 3.54. The first-order valence-corrected chi connectivity index (χ1v) is 7.60. The van der Waals surface area contributed by atoms with Crippen LogP contribution in [0.5, 0.6) is 0 Å². The molecule has 106 valence electrons. The van der Waals surface area contributed by atoms with Crippen molar-refractivity contribution in [2.75, 3.05) is 0 Å². The maximum absolute atomic E-state index is 12.3. The van der Waals surface area contributed by atoms with Crippen LogP contribution in [0, 0.1) is 0 Å². The molecular weight excluding hydrogens is 278 g/mol. The number of sulfonamides is 1. The number of hydrogen-bond acceptors (Lipinski definition) is 3. The van der Waals surface area contributed by atoms with E-state index in [0.29, 0.717) is 5.39 Å². The molecule has 1 atom stereocenters. The van der Waals surface area contributed by atoms with Crippen LogP contribution in [0.15, 0.2) is 47.4 Å². The molecular formula is C14H15NO4S. The first-order chi connectivity index (χ1) is 9.40. The van der Waals surface area contributed by atoms with Gasteiger partial charge in [0.25, 0.3) is 0 Å². The lowest BCUT2D eigenvalue weighted by Crippen LogP contribution is -2.34. The van der Waals surface area contributed by atoms with Gasteiger partial charge in [-0.1, -0.05) is 36.4 Å². The van der Waals surface area contributed by atoms with Gasteiger partial charge in [0, 0.05) is 11.4 Å². The Morgan fingerprint density at radius 3 is 2.55 bits per heavy atom. The summed E-state index contributed by atoms with van der Waals surface area (Å²) in [4.78, 5) is 10.8. The van der Waals surface area contributed by atoms with Crippen LogP contribution in [0.2, 0.25) is 0 Å². The number of nitrogens with one attached hydrogen (secondary N) is 1. The summed E-state index contributed by atoms with van der Waals surface area (Å²) >= 11 is 0. The van der Waals surface area contributed by atoms with Crippen molar-refractivity contribution < 1.29 is 18.3 Å². The maximum Gasteiger partial charge on any atom is 0.304 e. The van der Waals surface area contributed by atoms with Gasteiger partial charge < -0.3 is 5.11 Å². The Kier molecular flexibility index (Phi) is 4.06. The minimum absolute atomic E-state index is 0.160. The van der Waals surface area contributed by atoms with E-state index >= 15 is 0 Å². The summed E-state index contributed by atoms with van der Waals surface area (Å²) in [6.45, 7) is 1.52. The third-order valence-corrected chi connectivity index (χ3v) is 4.52. The van der Waals surface area contributed by atoms with Gasteiger partial charge in [-0.2, -0.15) is 0 Å². The predicted octanol–water partition coefficient (Wildman–Crippen LogP) is 1.98. The molecule has 0 aliphatic carbocycles. The lowest BCUT2D eigenvalue weighted by atomic mass is 10.1. The van der Waals surface area contributed by atoms with E-state index in [1.54, 1.807) is 18.2 Å². The molecule has 0 bridgehead atoms. The minimum atomic E-state index is -3.75. The van der Waals surface area contributed by atoms with Crippen molar-refractivity contribution in [2.45, 2.75) is 24.3 Å². The Morgan fingerprint density at radius 2 is 1.85 bits per heavy atom. The topological polar surface area (TPSA) is 83.5 Å². The Morgan fingerprint density at radius 1 is 1.20 bits per heavy atom. The smallest absolute Gasteiger partial charge is 0.304 e. The van der Waals surface area contributed by atoms with E-state index in [0.717, 1.165) is 5.39 Å². The van der Waals surface area contributed by atoms with Crippen molar-refractivity contribution in [1.29, 1.82) is 0 Å². The van der Waals surface area contributed by atoms with Gasteiger partial charge in [-0.25, -0.2) is 13.1 Å². The van der Waals surface area contributed by atoms with E-state index in [1.165, 1.54) is 13.0 Å². The van der Waals surface area contributed by atoms with E-state index in [1.807, 2.05) is 18.2 Å². The van der Waals surface area contributed by atoms with Crippen molar-refractivity contribution in [3.63, 3.8) is 0 Å². The summed E-state index contributed by atoms with van der Waals surface area (Å²) in [7, 11) is -3.75. The van der Waals surface area contributed by atoms with Gasteiger partial charge in [-0.3, -0.25) is 4.79 Å². The molecule has 0 aromatic heterocycles. The van der Waals surface area contributed by atoms with E-state index < -0.39 is 22.0 Å². The predicted molar refractivity (Wildman–Crippen MR) is 76.0 cm³/mol. The largest absolute Gasteiger partial charge is 0.481 e. The number of fused-ring (bicyclic) bond motifs is 1. The molecule has 2 aromatic rings. The van der Waals surface area contributed by atoms with Gasteiger partial charge >= 0.3 is 5.97 Å². The first-order valence-electron chi connectivity index (χ1n) is 6.12. The van der Waals surface area contributed by atoms with Crippen LogP contribution < -0.4 is 4.72 Å². The zero-order valence-corrected chi connectivity index (χ0v) is 11.7. The Labute approximate surface area is 117 Å². The van der Waals surface area contributed by atoms with E-state index in [-0.39, 0.29) is 11.3 Å². The first kappa shape index (κ1) is 14.5. The number of carbonyl (C=O) groups is 1. The van der Waals surface area contributed by atoms with Gasteiger partial charge in [0.15, 0.2) is 0 Å². The average Bonchev–Trinajstić information content (AvgIpc) is 2.36. The monoisotopic (exact) mass is 293 g/mol. The molecule has 0 aliphatic rings. The van der Waals surface area contributed by atoms with Crippen molar-refractivity contribution >= 4 is 26.8 Å². The molecule has 0 saturated heterocycles. The summed E-state index contributed by atoms with van der Waals surface area (Å²) in [5.74, 6) is -1.04. The molecule has 0 fully saturated rings. The molecule has 0 amide bonds. The van der Waals surface area contributed by atoms with Crippen LogP contribution in [0.25, 0.3) is 10.8 Å². The maximum atomic E-state index is 12.3. The summed E-state index contributed by atoms with van der Waals surface area (Å²) in [6, 6.07) is 11.5. The Bertz CT molecular complexity index is 734. The lowest BCUT2D eigenvalue weighted by Gasteiger charge is -2.13. The molecule has 1 unspecified atom stereocenters. The molecule has 0 spiro atoms. The van der Waals surface area contributed by atoms with Crippen molar-refractivity contribution in [3.8, 4) is 0 Å². The van der Waals surface area contributed by atoms with Crippen LogP contribution in [0.3, 0.4) is 0 Å². The van der Waals surface area contributed by atoms with E-state index in [2.05, 4.69) is 4.72 Å². The molecule has 0 radical (unpaired) electrons. The van der Waals surface area contributed by atoms with Gasteiger partial charge in [-0.15, -0.1) is 0 Å². The van der Waals surface area contributed by atoms with Gasteiger partial charge in [0.05, 0.1) is 11.3 Å². The normalized spacial score (nSPS) is 13.2. The highest BCUT2D eigenvalue weighted by molar-refractivity contribution is 7.89. The second-order valence-electron chi connectivity index (χ2n) is 4.60. The zero-order valence-electron chi connectivity index (χ0n) is 10.9. The highest BCUT2D eigenvalue weighted by atomic mass is 32.2. The SMILES string of the molecule is CC(CC(=O)O)NS(=O)(=O)c1cccc2ccccc12. The van der Waals surface area contributed by atoms with Gasteiger partial charge in [-0.05, 0) is 18.4 Å². The second kappa shape index (κ2) is 5.60. The number of aliphatic carboxylic acids is 1. The van der Waals surface area contributed by atoms with Crippen molar-refractivity contribution in [3.05, 3.63) is 42.5 Å². The molecule has 0 saturated carbocycles. The molecule has 20 heavy (non-hydrogen) atoms. The number of rotatable bonds is 5. The molecule has 2 N–H and O–H groups in total. The highest BCUT2D eigenvalue weighted by Gasteiger charge is 2.20. The summed E-state index contributed by atoms with van der Waals surface area (Å²) < 4.78 is 27.1. The Balaban J connectivity index is 2.39. The quantitative estimate of drug-likeness (QED) is 0.883. The van der Waals surface area contributed by atoms with Crippen molar-refractivity contribution in [2.24, 2.45) is 0 Å². The van der Waals surface area contributed by atoms with Crippen LogP contribution >= 0.6 is 0 Å². The third-order valence-electron chi connectivity index (χ3n) is 2.88. The molecule has 0 heterocycles. The van der Waals surface area contributed by atoms with Crippen LogP contribution in [-0.4, -0.2) is 25.5 Å². The molecule has 0 aliphatic heterocycles. The van der Waals surface area contributed by atoms with E-state index in [4.69, 9.17) is 5.11 Å². The van der Waals surface area contributed by atoms with Crippen LogP contribution in [0.1, 0.15) is 13.3 Å². The number of benzene rings is 2. The standard InChI is InChI=1S/C14H15NO4S/c1-10(9-14(16)17)15-20(18,19)13-8-4-6-11-5-2-3-7-12(11)13/h2-8,10,15H,9H2,1H3,(H,16,17). The number of carboxylic acids is 1. The molecule has 6 heteroatoms. The molecule has 2 aromatic carbocycles. The highest BCUT2D eigenvalue weighted by Crippen LogP contribution is 2.22. The number of carboxylic acid groups (broad SMARTS) is 1. The minimum Gasteiger partial charge on any atom is -0.481 e. The summed E-state index contributed by atoms with van der Waals surface area (Å²) in [6.07, 6.45) is -0.260. The van der Waals surface area contributed by atoms with Crippen LogP contribution in [0.4, 0.5) is 0 Å². The zero-order chi connectivity index (χ0) is 14.8. The fraction of sp³-hybridized carbons (Fsp3) is 0.214. The third kappa shape index (κ3) is 3.15.